The second kappa shape index (κ2) is 8.18. The lowest BCUT2D eigenvalue weighted by Gasteiger charge is -2.15. The molecule has 4 rings (SSSR count). The van der Waals surface area contributed by atoms with Gasteiger partial charge in [-0.05, 0) is 35.1 Å². The summed E-state index contributed by atoms with van der Waals surface area (Å²) in [7, 11) is 0. The molecule has 2 aliphatic rings. The van der Waals surface area contributed by atoms with Gasteiger partial charge in [0.2, 0.25) is 5.91 Å². The van der Waals surface area contributed by atoms with Gasteiger partial charge in [0, 0.05) is 25.4 Å². The number of amides is 2. The van der Waals surface area contributed by atoms with Crippen molar-refractivity contribution in [1.82, 2.24) is 10.6 Å². The lowest BCUT2D eigenvalue weighted by molar-refractivity contribution is -0.143. The molecule has 0 atom stereocenters. The number of carboxylic acid groups (broad SMARTS) is 1. The molecule has 1 fully saturated rings. The first-order valence-corrected chi connectivity index (χ1v) is 10.1. The van der Waals surface area contributed by atoms with Gasteiger partial charge in [0.15, 0.2) is 0 Å². The van der Waals surface area contributed by atoms with E-state index in [0.29, 0.717) is 12.8 Å². The Kier molecular flexibility index (Phi) is 5.44. The molecule has 0 aromatic heterocycles. The zero-order chi connectivity index (χ0) is 21.1. The van der Waals surface area contributed by atoms with E-state index in [1.165, 1.54) is 0 Å². The number of hydrogen-bond acceptors (Lipinski definition) is 4. The molecule has 3 N–H and O–H groups in total. The largest absolute Gasteiger partial charge is 0.481 e. The fraction of sp³-hybridized carbons (Fsp3) is 0.348. The molecule has 2 amide bonds. The van der Waals surface area contributed by atoms with Crippen LogP contribution in [0.5, 0.6) is 0 Å². The van der Waals surface area contributed by atoms with Gasteiger partial charge in [-0.1, -0.05) is 48.5 Å². The minimum absolute atomic E-state index is 0.0165. The second-order valence-corrected chi connectivity index (χ2v) is 7.86. The lowest BCUT2D eigenvalue weighted by atomic mass is 9.98. The average Bonchev–Trinajstić information content (AvgIpc) is 3.48. The Morgan fingerprint density at radius 1 is 0.967 bits per heavy atom. The highest BCUT2D eigenvalue weighted by molar-refractivity contribution is 5.81. The number of nitrogens with one attached hydrogen (secondary N) is 2. The van der Waals surface area contributed by atoms with E-state index in [4.69, 9.17) is 9.84 Å². The Bertz CT molecular complexity index is 938. The van der Waals surface area contributed by atoms with E-state index in [9.17, 15) is 14.4 Å². The predicted octanol–water partition coefficient (Wildman–Crippen LogP) is 2.90. The molecule has 2 aromatic rings. The minimum atomic E-state index is -0.875. The molecule has 0 saturated heterocycles. The standard InChI is InChI=1S/C23H24N2O5/c26-20(25-14-23(10-11-23)21(27)28)9-12-24-22(29)30-13-19-17-7-3-1-5-15(17)16-6-2-4-8-18(16)19/h1-8,19H,9-14H2,(H,24,29)(H,25,26)(H,27,28). The smallest absolute Gasteiger partial charge is 0.407 e. The van der Waals surface area contributed by atoms with Crippen LogP contribution in [0.25, 0.3) is 11.1 Å². The van der Waals surface area contributed by atoms with Crippen molar-refractivity contribution in [3.05, 3.63) is 59.7 Å². The lowest BCUT2D eigenvalue weighted by Crippen LogP contribution is -2.36. The number of carbonyl (C=O) groups excluding carboxylic acids is 2. The summed E-state index contributed by atoms with van der Waals surface area (Å²) < 4.78 is 5.42. The summed E-state index contributed by atoms with van der Waals surface area (Å²) in [4.78, 5) is 35.1. The van der Waals surface area contributed by atoms with E-state index in [-0.39, 0.29) is 37.9 Å². The van der Waals surface area contributed by atoms with Crippen LogP contribution in [-0.4, -0.2) is 42.8 Å². The van der Waals surface area contributed by atoms with Crippen LogP contribution in [0.3, 0.4) is 0 Å². The molecule has 0 unspecified atom stereocenters. The van der Waals surface area contributed by atoms with Crippen LogP contribution >= 0.6 is 0 Å². The van der Waals surface area contributed by atoms with E-state index in [1.54, 1.807) is 0 Å². The predicted molar refractivity (Wildman–Crippen MR) is 110 cm³/mol. The van der Waals surface area contributed by atoms with Crippen LogP contribution in [0.15, 0.2) is 48.5 Å². The molecule has 7 nitrogen and oxygen atoms in total. The van der Waals surface area contributed by atoms with E-state index in [1.807, 2.05) is 24.3 Å². The zero-order valence-electron chi connectivity index (χ0n) is 16.5. The van der Waals surface area contributed by atoms with E-state index < -0.39 is 17.5 Å². The van der Waals surface area contributed by atoms with E-state index in [2.05, 4.69) is 34.9 Å². The third-order valence-electron chi connectivity index (χ3n) is 5.90. The molecule has 1 saturated carbocycles. The van der Waals surface area contributed by atoms with E-state index >= 15 is 0 Å². The number of hydrogen-bond donors (Lipinski definition) is 3. The Labute approximate surface area is 174 Å². The van der Waals surface area contributed by atoms with Gasteiger partial charge >= 0.3 is 12.1 Å². The Balaban J connectivity index is 1.23. The number of aliphatic carboxylic acids is 1. The number of benzene rings is 2. The maximum atomic E-state index is 12.1. The van der Waals surface area contributed by atoms with Crippen LogP contribution in [-0.2, 0) is 14.3 Å². The van der Waals surface area contributed by atoms with Gasteiger partial charge < -0.3 is 20.5 Å². The van der Waals surface area contributed by atoms with Crippen molar-refractivity contribution in [2.45, 2.75) is 25.2 Å². The number of carboxylic acids is 1. The zero-order valence-corrected chi connectivity index (χ0v) is 16.5. The van der Waals surface area contributed by atoms with Crippen molar-refractivity contribution < 1.29 is 24.2 Å². The SMILES string of the molecule is O=C(CCNC(=O)OCC1c2ccccc2-c2ccccc21)NCC1(C(=O)O)CC1. The number of alkyl carbamates (subject to hydrolysis) is 1. The van der Waals surface area contributed by atoms with Gasteiger partial charge in [-0.15, -0.1) is 0 Å². The maximum Gasteiger partial charge on any atom is 0.407 e. The van der Waals surface area contributed by atoms with Crippen molar-refractivity contribution in [3.8, 4) is 11.1 Å². The van der Waals surface area contributed by atoms with Gasteiger partial charge in [0.05, 0.1) is 5.41 Å². The molecule has 2 aromatic carbocycles. The highest BCUT2D eigenvalue weighted by Gasteiger charge is 2.50. The first-order valence-electron chi connectivity index (χ1n) is 10.1. The highest BCUT2D eigenvalue weighted by Crippen LogP contribution is 2.45. The monoisotopic (exact) mass is 408 g/mol. The van der Waals surface area contributed by atoms with Gasteiger partial charge in [0.25, 0.3) is 0 Å². The second-order valence-electron chi connectivity index (χ2n) is 7.86. The summed E-state index contributed by atoms with van der Waals surface area (Å²) in [6.45, 7) is 0.474. The summed E-state index contributed by atoms with van der Waals surface area (Å²) >= 11 is 0. The summed E-state index contributed by atoms with van der Waals surface area (Å²) in [6.07, 6.45) is 0.662. The molecule has 0 spiro atoms. The average molecular weight is 408 g/mol. The van der Waals surface area contributed by atoms with Crippen molar-refractivity contribution in [1.29, 1.82) is 0 Å². The molecule has 0 bridgehead atoms. The summed E-state index contributed by atoms with van der Waals surface area (Å²) in [6, 6.07) is 16.2. The first kappa shape index (κ1) is 19.9. The molecule has 0 radical (unpaired) electrons. The Morgan fingerprint density at radius 2 is 1.57 bits per heavy atom. The number of rotatable bonds is 8. The van der Waals surface area contributed by atoms with Gasteiger partial charge in [-0.3, -0.25) is 9.59 Å². The van der Waals surface area contributed by atoms with Gasteiger partial charge in [0.1, 0.15) is 6.61 Å². The van der Waals surface area contributed by atoms with Crippen molar-refractivity contribution in [3.63, 3.8) is 0 Å². The Hall–Kier alpha value is -3.35. The number of fused-ring (bicyclic) bond motifs is 3. The van der Waals surface area contributed by atoms with Crippen LogP contribution < -0.4 is 10.6 Å². The molecule has 30 heavy (non-hydrogen) atoms. The summed E-state index contributed by atoms with van der Waals surface area (Å²) in [5, 5.41) is 14.3. The summed E-state index contributed by atoms with van der Waals surface area (Å²) in [5.74, 6) is -1.18. The topological polar surface area (TPSA) is 105 Å². The number of ether oxygens (including phenoxy) is 1. The third kappa shape index (κ3) is 4.01. The quantitative estimate of drug-likeness (QED) is 0.623. The Morgan fingerprint density at radius 3 is 2.13 bits per heavy atom. The summed E-state index contributed by atoms with van der Waals surface area (Å²) in [5.41, 5.74) is 3.80. The minimum Gasteiger partial charge on any atom is -0.481 e. The number of carbonyl (C=O) groups is 3. The van der Waals surface area contributed by atoms with Crippen molar-refractivity contribution in [2.24, 2.45) is 5.41 Å². The first-order chi connectivity index (χ1) is 14.5. The normalized spacial score (nSPS) is 15.6. The van der Waals surface area contributed by atoms with Crippen molar-refractivity contribution >= 4 is 18.0 Å². The fourth-order valence-corrected chi connectivity index (χ4v) is 3.90. The van der Waals surface area contributed by atoms with Crippen LogP contribution in [0, 0.1) is 5.41 Å². The van der Waals surface area contributed by atoms with Crippen LogP contribution in [0.2, 0.25) is 0 Å². The molecule has 2 aliphatic carbocycles. The van der Waals surface area contributed by atoms with Gasteiger partial charge in [-0.2, -0.15) is 0 Å². The molecular weight excluding hydrogens is 384 g/mol. The molecule has 0 heterocycles. The van der Waals surface area contributed by atoms with Crippen LogP contribution in [0.1, 0.15) is 36.3 Å². The van der Waals surface area contributed by atoms with Crippen molar-refractivity contribution in [2.75, 3.05) is 19.7 Å². The maximum absolute atomic E-state index is 12.1. The molecule has 7 heteroatoms. The fourth-order valence-electron chi connectivity index (χ4n) is 3.90. The molecule has 0 aliphatic heterocycles. The molecule has 156 valence electrons. The van der Waals surface area contributed by atoms with Crippen LogP contribution in [0.4, 0.5) is 4.79 Å². The third-order valence-corrected chi connectivity index (χ3v) is 5.90. The molecular formula is C23H24N2O5. The van der Waals surface area contributed by atoms with E-state index in [0.717, 1.165) is 22.3 Å². The highest BCUT2D eigenvalue weighted by atomic mass is 16.5. The van der Waals surface area contributed by atoms with Gasteiger partial charge in [-0.25, -0.2) is 4.79 Å².